The maximum Gasteiger partial charge on any atom is 0.242 e. The summed E-state index contributed by atoms with van der Waals surface area (Å²) in [7, 11) is 1.64. The van der Waals surface area contributed by atoms with Gasteiger partial charge in [0.05, 0.1) is 12.9 Å². The highest BCUT2D eigenvalue weighted by Crippen LogP contribution is 2.19. The van der Waals surface area contributed by atoms with Gasteiger partial charge in [-0.1, -0.05) is 42.0 Å². The van der Waals surface area contributed by atoms with Crippen molar-refractivity contribution in [3.63, 3.8) is 0 Å². The maximum atomic E-state index is 13.1. The summed E-state index contributed by atoms with van der Waals surface area (Å²) in [4.78, 5) is 27.6. The highest BCUT2D eigenvalue weighted by atomic mass is 32.2. The van der Waals surface area contributed by atoms with Gasteiger partial charge in [-0.15, -0.1) is 11.8 Å². The number of aryl methyl sites for hydroxylation is 1. The molecule has 2 rings (SSSR count). The van der Waals surface area contributed by atoms with Crippen molar-refractivity contribution < 1.29 is 14.3 Å². The fourth-order valence-electron chi connectivity index (χ4n) is 3.01. The lowest BCUT2D eigenvalue weighted by Gasteiger charge is -2.31. The molecular formula is C25H34N2O3S. The number of ether oxygens (including phenoxy) is 1. The number of carbonyl (C=O) groups is 2. The number of amides is 2. The van der Waals surface area contributed by atoms with Crippen LogP contribution in [0.5, 0.6) is 5.75 Å². The Balaban J connectivity index is 2.06. The van der Waals surface area contributed by atoms with E-state index in [9.17, 15) is 9.59 Å². The summed E-state index contributed by atoms with van der Waals surface area (Å²) in [6.45, 7) is 10.0. The predicted molar refractivity (Wildman–Crippen MR) is 128 cm³/mol. The van der Waals surface area contributed by atoms with Gasteiger partial charge in [0, 0.05) is 17.8 Å². The average molecular weight is 443 g/mol. The molecule has 0 radical (unpaired) electrons. The van der Waals surface area contributed by atoms with Crippen molar-refractivity contribution in [2.45, 2.75) is 58.5 Å². The van der Waals surface area contributed by atoms with Gasteiger partial charge < -0.3 is 15.0 Å². The van der Waals surface area contributed by atoms with Crippen molar-refractivity contribution in [2.75, 3.05) is 12.9 Å². The molecule has 168 valence electrons. The van der Waals surface area contributed by atoms with Crippen LogP contribution in [0.25, 0.3) is 0 Å². The average Bonchev–Trinajstić information content (AvgIpc) is 2.72. The zero-order chi connectivity index (χ0) is 23.0. The van der Waals surface area contributed by atoms with Crippen LogP contribution in [0.4, 0.5) is 0 Å². The van der Waals surface area contributed by atoms with E-state index in [2.05, 4.69) is 5.32 Å². The monoisotopic (exact) mass is 442 g/mol. The van der Waals surface area contributed by atoms with E-state index in [-0.39, 0.29) is 17.4 Å². The Bertz CT molecular complexity index is 858. The zero-order valence-electron chi connectivity index (χ0n) is 19.4. The first-order chi connectivity index (χ1) is 14.6. The number of benzene rings is 2. The van der Waals surface area contributed by atoms with E-state index in [1.165, 1.54) is 0 Å². The van der Waals surface area contributed by atoms with Gasteiger partial charge in [0.25, 0.3) is 0 Å². The number of nitrogens with one attached hydrogen (secondary N) is 1. The molecule has 0 fully saturated rings. The lowest BCUT2D eigenvalue weighted by atomic mass is 10.1. The van der Waals surface area contributed by atoms with Gasteiger partial charge in [0.2, 0.25) is 11.8 Å². The minimum atomic E-state index is -0.561. The standard InChI is InChI=1S/C25H34N2O3S/c1-18-7-9-20(10-8-18)15-27(19(2)24(29)26-25(3,4)5)23(28)17-31-16-21-11-13-22(30-6)14-12-21/h7-14,19H,15-17H2,1-6H3,(H,26,29)/t19-/m0/s1. The molecule has 0 aromatic heterocycles. The molecule has 1 N–H and O–H groups in total. The van der Waals surface area contributed by atoms with Crippen LogP contribution < -0.4 is 10.1 Å². The van der Waals surface area contributed by atoms with Gasteiger partial charge in [-0.3, -0.25) is 9.59 Å². The van der Waals surface area contributed by atoms with Crippen molar-refractivity contribution in [3.8, 4) is 5.75 Å². The third kappa shape index (κ3) is 8.29. The molecule has 2 aromatic carbocycles. The highest BCUT2D eigenvalue weighted by Gasteiger charge is 2.28. The Labute approximate surface area is 190 Å². The van der Waals surface area contributed by atoms with Gasteiger partial charge in [0.15, 0.2) is 0 Å². The van der Waals surface area contributed by atoms with Crippen LogP contribution in [-0.2, 0) is 21.9 Å². The second kappa shape index (κ2) is 11.2. The van der Waals surface area contributed by atoms with Crippen LogP contribution >= 0.6 is 11.8 Å². The first-order valence-corrected chi connectivity index (χ1v) is 11.6. The van der Waals surface area contributed by atoms with E-state index in [4.69, 9.17) is 4.74 Å². The van der Waals surface area contributed by atoms with E-state index in [0.29, 0.717) is 12.3 Å². The molecule has 0 unspecified atom stereocenters. The van der Waals surface area contributed by atoms with Crippen LogP contribution in [-0.4, -0.2) is 41.2 Å². The van der Waals surface area contributed by atoms with Gasteiger partial charge in [0.1, 0.15) is 11.8 Å². The highest BCUT2D eigenvalue weighted by molar-refractivity contribution is 7.99. The van der Waals surface area contributed by atoms with E-state index in [1.807, 2.05) is 76.2 Å². The number of thioether (sulfide) groups is 1. The molecule has 2 aromatic rings. The molecule has 2 amide bonds. The van der Waals surface area contributed by atoms with Crippen molar-refractivity contribution in [1.82, 2.24) is 10.2 Å². The summed E-state index contributed by atoms with van der Waals surface area (Å²) in [6, 6.07) is 15.3. The minimum Gasteiger partial charge on any atom is -0.497 e. The third-order valence-electron chi connectivity index (χ3n) is 4.79. The lowest BCUT2D eigenvalue weighted by molar-refractivity contribution is -0.139. The Morgan fingerprint density at radius 1 is 1.03 bits per heavy atom. The molecule has 1 atom stereocenters. The quantitative estimate of drug-likeness (QED) is 0.618. The Hall–Kier alpha value is -2.47. The normalized spacial score (nSPS) is 12.2. The predicted octanol–water partition coefficient (Wildman–Crippen LogP) is 4.57. The Morgan fingerprint density at radius 2 is 1.61 bits per heavy atom. The first-order valence-electron chi connectivity index (χ1n) is 10.5. The molecule has 6 heteroatoms. The van der Waals surface area contributed by atoms with E-state index in [0.717, 1.165) is 28.2 Å². The fourth-order valence-corrected chi connectivity index (χ4v) is 3.88. The SMILES string of the molecule is COc1ccc(CSCC(=O)N(Cc2ccc(C)cc2)[C@@H](C)C(=O)NC(C)(C)C)cc1. The van der Waals surface area contributed by atoms with Crippen molar-refractivity contribution in [3.05, 3.63) is 65.2 Å². The van der Waals surface area contributed by atoms with Gasteiger partial charge in [-0.2, -0.15) is 0 Å². The molecule has 5 nitrogen and oxygen atoms in total. The van der Waals surface area contributed by atoms with Crippen LogP contribution in [0.3, 0.4) is 0 Å². The van der Waals surface area contributed by atoms with Gasteiger partial charge >= 0.3 is 0 Å². The van der Waals surface area contributed by atoms with Crippen molar-refractivity contribution in [1.29, 1.82) is 0 Å². The second-order valence-electron chi connectivity index (χ2n) is 8.76. The van der Waals surface area contributed by atoms with Gasteiger partial charge in [-0.05, 0) is 57.9 Å². The molecule has 0 saturated heterocycles. The van der Waals surface area contributed by atoms with E-state index >= 15 is 0 Å². The number of hydrogen-bond donors (Lipinski definition) is 1. The Kier molecular flexibility index (Phi) is 8.99. The fraction of sp³-hybridized carbons (Fsp3) is 0.440. The number of rotatable bonds is 9. The third-order valence-corrected chi connectivity index (χ3v) is 5.78. The number of carbonyl (C=O) groups excluding carboxylic acids is 2. The second-order valence-corrected chi connectivity index (χ2v) is 9.75. The van der Waals surface area contributed by atoms with Crippen molar-refractivity contribution in [2.24, 2.45) is 0 Å². The van der Waals surface area contributed by atoms with Crippen LogP contribution in [0.1, 0.15) is 44.4 Å². The van der Waals surface area contributed by atoms with Crippen molar-refractivity contribution >= 4 is 23.6 Å². The Morgan fingerprint density at radius 3 is 2.16 bits per heavy atom. The molecule has 0 aliphatic heterocycles. The number of hydrogen-bond acceptors (Lipinski definition) is 4. The molecule has 0 heterocycles. The number of methoxy groups -OCH3 is 1. The summed E-state index contributed by atoms with van der Waals surface area (Å²) in [6.07, 6.45) is 0. The van der Waals surface area contributed by atoms with Crippen LogP contribution in [0, 0.1) is 6.92 Å². The van der Waals surface area contributed by atoms with E-state index in [1.54, 1.807) is 30.7 Å². The summed E-state index contributed by atoms with van der Waals surface area (Å²) in [5, 5.41) is 2.99. The summed E-state index contributed by atoms with van der Waals surface area (Å²) >= 11 is 1.55. The zero-order valence-corrected chi connectivity index (χ0v) is 20.2. The smallest absolute Gasteiger partial charge is 0.242 e. The first kappa shape index (κ1) is 24.8. The summed E-state index contributed by atoms with van der Waals surface area (Å²) < 4.78 is 5.19. The van der Waals surface area contributed by atoms with Crippen LogP contribution in [0.2, 0.25) is 0 Å². The number of nitrogens with zero attached hydrogens (tertiary/aromatic N) is 1. The molecule has 0 spiro atoms. The molecule has 31 heavy (non-hydrogen) atoms. The van der Waals surface area contributed by atoms with Crippen LogP contribution in [0.15, 0.2) is 48.5 Å². The lowest BCUT2D eigenvalue weighted by Crippen LogP contribution is -2.52. The largest absolute Gasteiger partial charge is 0.497 e. The van der Waals surface area contributed by atoms with E-state index < -0.39 is 6.04 Å². The molecule has 0 bridgehead atoms. The molecule has 0 aliphatic rings. The summed E-state index contributed by atoms with van der Waals surface area (Å²) in [5.41, 5.74) is 2.94. The molecule has 0 saturated carbocycles. The van der Waals surface area contributed by atoms with Gasteiger partial charge in [-0.25, -0.2) is 0 Å². The topological polar surface area (TPSA) is 58.6 Å². The molecular weight excluding hydrogens is 408 g/mol. The molecule has 0 aliphatic carbocycles. The summed E-state index contributed by atoms with van der Waals surface area (Å²) in [5.74, 6) is 1.65. The maximum absolute atomic E-state index is 13.1. The minimum absolute atomic E-state index is 0.0457.